The number of aryl methyl sites for hydroxylation is 2. The van der Waals surface area contributed by atoms with Crippen molar-refractivity contribution >= 4 is 23.4 Å². The van der Waals surface area contributed by atoms with Crippen LogP contribution in [0.25, 0.3) is 0 Å². The van der Waals surface area contributed by atoms with Gasteiger partial charge in [0.1, 0.15) is 11.1 Å². The number of hydrogen-bond acceptors (Lipinski definition) is 5. The minimum Gasteiger partial charge on any atom is -0.325 e. The highest BCUT2D eigenvalue weighted by Crippen LogP contribution is 2.37. The van der Waals surface area contributed by atoms with Crippen LogP contribution in [-0.4, -0.2) is 26.0 Å². The summed E-state index contributed by atoms with van der Waals surface area (Å²) in [5, 5.41) is 11.7. The molecule has 2 N–H and O–H groups in total. The molecule has 0 spiro atoms. The second-order valence-electron chi connectivity index (χ2n) is 7.22. The molecular formula is C22H24FN5OS. The molecule has 1 aliphatic heterocycles. The smallest absolute Gasteiger partial charge is 0.240 e. The van der Waals surface area contributed by atoms with E-state index in [4.69, 9.17) is 0 Å². The molecule has 2 heterocycles. The van der Waals surface area contributed by atoms with Crippen LogP contribution in [0.3, 0.4) is 0 Å². The van der Waals surface area contributed by atoms with E-state index < -0.39 is 5.25 Å². The Balaban J connectivity index is 1.65. The molecule has 0 fully saturated rings. The first kappa shape index (κ1) is 20.4. The summed E-state index contributed by atoms with van der Waals surface area (Å²) in [5.41, 5.74) is 6.27. The van der Waals surface area contributed by atoms with Crippen molar-refractivity contribution in [2.24, 2.45) is 0 Å². The molecule has 30 heavy (non-hydrogen) atoms. The molecule has 1 aromatic heterocycles. The normalized spacial score (nSPS) is 17.8. The summed E-state index contributed by atoms with van der Waals surface area (Å²) in [6, 6.07) is 13.8. The van der Waals surface area contributed by atoms with Gasteiger partial charge in [-0.2, -0.15) is 0 Å². The third-order valence-electron chi connectivity index (χ3n) is 5.09. The Morgan fingerprint density at radius 3 is 2.53 bits per heavy atom. The molecule has 0 radical (unpaired) electrons. The standard InChI is InChI=1S/C22H24FN5OS/c1-3-5-18-25-26-22-28(18)27-19(15-8-6-14(4-2)7-9-15)20(30-22)21(29)24-17-12-10-16(23)11-13-17/h6-13,19-20,27H,3-5H2,1-2H3,(H,24,29)/t19-,20+/m0/s1. The second kappa shape index (κ2) is 8.87. The van der Waals surface area contributed by atoms with Gasteiger partial charge in [0.15, 0.2) is 5.82 Å². The maximum atomic E-state index is 13.2. The number of thioether (sulfide) groups is 1. The first-order chi connectivity index (χ1) is 14.6. The lowest BCUT2D eigenvalue weighted by Gasteiger charge is -2.33. The van der Waals surface area contributed by atoms with E-state index in [0.29, 0.717) is 10.8 Å². The second-order valence-corrected chi connectivity index (χ2v) is 8.33. The van der Waals surface area contributed by atoms with E-state index >= 15 is 0 Å². The molecule has 0 bridgehead atoms. The number of anilines is 1. The predicted molar refractivity (Wildman–Crippen MR) is 117 cm³/mol. The van der Waals surface area contributed by atoms with Crippen LogP contribution in [0.5, 0.6) is 0 Å². The number of carbonyl (C=O) groups is 1. The number of fused-ring (bicyclic) bond motifs is 1. The summed E-state index contributed by atoms with van der Waals surface area (Å²) in [4.78, 5) is 13.2. The summed E-state index contributed by atoms with van der Waals surface area (Å²) in [5.74, 6) is 0.342. The van der Waals surface area contributed by atoms with Gasteiger partial charge in [0.05, 0.1) is 6.04 Å². The van der Waals surface area contributed by atoms with Crippen molar-refractivity contribution in [3.8, 4) is 0 Å². The minimum atomic E-state index is -0.464. The van der Waals surface area contributed by atoms with Crippen LogP contribution in [0.4, 0.5) is 10.1 Å². The highest BCUT2D eigenvalue weighted by Gasteiger charge is 2.37. The zero-order chi connectivity index (χ0) is 21.1. The third-order valence-corrected chi connectivity index (χ3v) is 6.31. The van der Waals surface area contributed by atoms with Crippen LogP contribution in [0.2, 0.25) is 0 Å². The number of nitrogens with one attached hydrogen (secondary N) is 2. The molecule has 0 saturated carbocycles. The van der Waals surface area contributed by atoms with Gasteiger partial charge < -0.3 is 10.7 Å². The lowest BCUT2D eigenvalue weighted by Crippen LogP contribution is -2.41. The van der Waals surface area contributed by atoms with Crippen molar-refractivity contribution in [1.29, 1.82) is 0 Å². The molecule has 0 unspecified atom stereocenters. The summed E-state index contributed by atoms with van der Waals surface area (Å²) >= 11 is 1.39. The van der Waals surface area contributed by atoms with Gasteiger partial charge in [-0.15, -0.1) is 10.2 Å². The lowest BCUT2D eigenvalue weighted by molar-refractivity contribution is -0.116. The molecule has 8 heteroatoms. The summed E-state index contributed by atoms with van der Waals surface area (Å²) in [7, 11) is 0. The van der Waals surface area contributed by atoms with Crippen molar-refractivity contribution in [2.45, 2.75) is 49.6 Å². The summed E-state index contributed by atoms with van der Waals surface area (Å²) in [6.45, 7) is 4.21. The number of hydrogen-bond donors (Lipinski definition) is 2. The van der Waals surface area contributed by atoms with Crippen LogP contribution in [0.1, 0.15) is 43.3 Å². The highest BCUT2D eigenvalue weighted by molar-refractivity contribution is 8.00. The van der Waals surface area contributed by atoms with Crippen molar-refractivity contribution in [3.63, 3.8) is 0 Å². The van der Waals surface area contributed by atoms with Gasteiger partial charge in [-0.3, -0.25) is 4.79 Å². The van der Waals surface area contributed by atoms with E-state index in [1.807, 2.05) is 4.68 Å². The lowest BCUT2D eigenvalue weighted by atomic mass is 10.0. The zero-order valence-electron chi connectivity index (χ0n) is 16.9. The van der Waals surface area contributed by atoms with Crippen molar-refractivity contribution in [1.82, 2.24) is 14.9 Å². The van der Waals surface area contributed by atoms with Gasteiger partial charge in [0.25, 0.3) is 0 Å². The molecule has 0 aliphatic carbocycles. The summed E-state index contributed by atoms with van der Waals surface area (Å²) < 4.78 is 15.1. The molecule has 1 aliphatic rings. The van der Waals surface area contributed by atoms with Crippen LogP contribution in [0.15, 0.2) is 53.7 Å². The van der Waals surface area contributed by atoms with E-state index in [2.05, 4.69) is 59.1 Å². The monoisotopic (exact) mass is 425 g/mol. The number of amides is 1. The quantitative estimate of drug-likeness (QED) is 0.615. The Hall–Kier alpha value is -2.87. The molecule has 0 saturated heterocycles. The largest absolute Gasteiger partial charge is 0.325 e. The van der Waals surface area contributed by atoms with Gasteiger partial charge >= 0.3 is 0 Å². The fourth-order valence-electron chi connectivity index (χ4n) is 3.44. The maximum Gasteiger partial charge on any atom is 0.240 e. The fourth-order valence-corrected chi connectivity index (χ4v) is 4.54. The van der Waals surface area contributed by atoms with Gasteiger partial charge in [0.2, 0.25) is 11.1 Å². The molecule has 1 amide bonds. The van der Waals surface area contributed by atoms with E-state index in [1.165, 1.54) is 29.5 Å². The zero-order valence-corrected chi connectivity index (χ0v) is 17.7. The van der Waals surface area contributed by atoms with Crippen molar-refractivity contribution < 1.29 is 9.18 Å². The Morgan fingerprint density at radius 1 is 1.13 bits per heavy atom. The Labute approximate surface area is 179 Å². The fraction of sp³-hybridized carbons (Fsp3) is 0.318. The summed E-state index contributed by atoms with van der Waals surface area (Å²) in [6.07, 6.45) is 2.71. The molecule has 3 aromatic rings. The molecule has 2 atom stereocenters. The molecule has 4 rings (SSSR count). The number of nitrogens with zero attached hydrogens (tertiary/aromatic N) is 3. The Bertz CT molecular complexity index is 1020. The average molecular weight is 426 g/mol. The number of aromatic nitrogens is 3. The maximum absolute atomic E-state index is 13.2. The SMILES string of the molecule is CCCc1nnc2n1N[C@@H](c1ccc(CC)cc1)[C@H](C(=O)Nc1ccc(F)cc1)S2. The van der Waals surface area contributed by atoms with Gasteiger partial charge in [-0.05, 0) is 48.2 Å². The highest BCUT2D eigenvalue weighted by atomic mass is 32.2. The van der Waals surface area contributed by atoms with Crippen LogP contribution < -0.4 is 10.7 Å². The van der Waals surface area contributed by atoms with E-state index in [-0.39, 0.29) is 17.8 Å². The minimum absolute atomic E-state index is 0.171. The van der Waals surface area contributed by atoms with Crippen LogP contribution in [-0.2, 0) is 17.6 Å². The molecular weight excluding hydrogens is 401 g/mol. The first-order valence-electron chi connectivity index (χ1n) is 10.1. The molecule has 2 aromatic carbocycles. The van der Waals surface area contributed by atoms with Gasteiger partial charge in [0, 0.05) is 12.1 Å². The van der Waals surface area contributed by atoms with Crippen molar-refractivity contribution in [2.75, 3.05) is 10.7 Å². The van der Waals surface area contributed by atoms with E-state index in [1.54, 1.807) is 12.1 Å². The molecule has 6 nitrogen and oxygen atoms in total. The topological polar surface area (TPSA) is 71.8 Å². The average Bonchev–Trinajstić information content (AvgIpc) is 3.16. The number of benzene rings is 2. The van der Waals surface area contributed by atoms with E-state index in [9.17, 15) is 9.18 Å². The molecule has 156 valence electrons. The van der Waals surface area contributed by atoms with Crippen LogP contribution in [0, 0.1) is 5.82 Å². The van der Waals surface area contributed by atoms with E-state index in [0.717, 1.165) is 30.7 Å². The third kappa shape index (κ3) is 4.18. The number of carbonyl (C=O) groups excluding carboxylic acids is 1. The van der Waals surface area contributed by atoms with Crippen molar-refractivity contribution in [3.05, 3.63) is 71.3 Å². The van der Waals surface area contributed by atoms with Gasteiger partial charge in [-0.1, -0.05) is 49.9 Å². The van der Waals surface area contributed by atoms with Gasteiger partial charge in [-0.25, -0.2) is 9.07 Å². The number of rotatable bonds is 6. The Morgan fingerprint density at radius 2 is 1.87 bits per heavy atom. The Kier molecular flexibility index (Phi) is 6.03. The van der Waals surface area contributed by atoms with Crippen LogP contribution >= 0.6 is 11.8 Å². The number of halogens is 1. The predicted octanol–water partition coefficient (Wildman–Crippen LogP) is 4.33. The first-order valence-corrected chi connectivity index (χ1v) is 11.0.